The average molecular weight is 489 g/mol. The van der Waals surface area contributed by atoms with E-state index in [0.29, 0.717) is 23.9 Å². The maximum absolute atomic E-state index is 13.3. The fourth-order valence-electron chi connectivity index (χ4n) is 5.50. The highest BCUT2D eigenvalue weighted by atomic mass is 32.2. The fraction of sp³-hybridized carbons (Fsp3) is 0.310. The first-order valence-electron chi connectivity index (χ1n) is 12.2. The van der Waals surface area contributed by atoms with Crippen molar-refractivity contribution in [3.63, 3.8) is 0 Å². The molecule has 2 heterocycles. The second-order valence-electron chi connectivity index (χ2n) is 9.40. The molecule has 0 radical (unpaired) electrons. The SMILES string of the molecule is COc1cccc(Cn2c(C)c(C3CCN(S(=O)(=O)c4ccccc4C)CC3)c3ccccc32)c1. The molecular formula is C29H32N2O3S. The molecule has 0 bridgehead atoms. The third kappa shape index (κ3) is 4.37. The van der Waals surface area contributed by atoms with E-state index in [9.17, 15) is 8.42 Å². The zero-order chi connectivity index (χ0) is 24.6. The summed E-state index contributed by atoms with van der Waals surface area (Å²) < 4.78 is 36.1. The Morgan fingerprint density at radius 1 is 0.914 bits per heavy atom. The minimum Gasteiger partial charge on any atom is -0.497 e. The van der Waals surface area contributed by atoms with Gasteiger partial charge in [-0.25, -0.2) is 8.42 Å². The van der Waals surface area contributed by atoms with Crippen molar-refractivity contribution in [2.75, 3.05) is 20.2 Å². The van der Waals surface area contributed by atoms with E-state index < -0.39 is 10.0 Å². The molecule has 1 aromatic heterocycles. The number of benzene rings is 3. The smallest absolute Gasteiger partial charge is 0.243 e. The lowest BCUT2D eigenvalue weighted by Crippen LogP contribution is -2.38. The number of rotatable bonds is 6. The van der Waals surface area contributed by atoms with Crippen LogP contribution in [-0.2, 0) is 16.6 Å². The van der Waals surface area contributed by atoms with Gasteiger partial charge in [0.1, 0.15) is 5.75 Å². The molecule has 0 amide bonds. The standard InChI is InChI=1S/C29H32N2O3S/c1-21-9-4-7-14-28(21)35(32,33)30-17-15-24(16-18-30)29-22(2)31(27-13-6-5-12-26(27)29)20-23-10-8-11-25(19-23)34-3/h4-14,19,24H,15-18,20H2,1-3H3. The van der Waals surface area contributed by atoms with E-state index >= 15 is 0 Å². The zero-order valence-corrected chi connectivity index (χ0v) is 21.4. The first-order valence-corrected chi connectivity index (χ1v) is 13.6. The van der Waals surface area contributed by atoms with Crippen LogP contribution >= 0.6 is 0 Å². The van der Waals surface area contributed by atoms with Crippen LogP contribution in [0.2, 0.25) is 0 Å². The molecule has 0 N–H and O–H groups in total. The molecule has 182 valence electrons. The van der Waals surface area contributed by atoms with Crippen LogP contribution in [0.1, 0.15) is 41.1 Å². The molecule has 0 aliphatic carbocycles. The van der Waals surface area contributed by atoms with Crippen molar-refractivity contribution in [3.05, 3.63) is 95.2 Å². The number of piperidine rings is 1. The number of aryl methyl sites for hydroxylation is 1. The molecule has 1 aliphatic heterocycles. The molecule has 4 aromatic rings. The van der Waals surface area contributed by atoms with Crippen molar-refractivity contribution < 1.29 is 13.2 Å². The van der Waals surface area contributed by atoms with Gasteiger partial charge in [-0.3, -0.25) is 0 Å². The topological polar surface area (TPSA) is 51.5 Å². The third-order valence-electron chi connectivity index (χ3n) is 7.33. The van der Waals surface area contributed by atoms with Gasteiger partial charge in [-0.05, 0) is 73.6 Å². The van der Waals surface area contributed by atoms with E-state index in [1.54, 1.807) is 23.5 Å². The Balaban J connectivity index is 1.43. The summed E-state index contributed by atoms with van der Waals surface area (Å²) in [6, 6.07) is 24.0. The van der Waals surface area contributed by atoms with Crippen molar-refractivity contribution >= 4 is 20.9 Å². The molecule has 1 fully saturated rings. The highest BCUT2D eigenvalue weighted by molar-refractivity contribution is 7.89. The second kappa shape index (κ2) is 9.51. The van der Waals surface area contributed by atoms with Gasteiger partial charge in [0.25, 0.3) is 0 Å². The van der Waals surface area contributed by atoms with E-state index in [1.807, 2.05) is 31.2 Å². The van der Waals surface area contributed by atoms with Crippen molar-refractivity contribution in [3.8, 4) is 5.75 Å². The second-order valence-corrected chi connectivity index (χ2v) is 11.3. The number of ether oxygens (including phenoxy) is 1. The van der Waals surface area contributed by atoms with E-state index in [-0.39, 0.29) is 0 Å². The van der Waals surface area contributed by atoms with Gasteiger partial charge in [0, 0.05) is 36.2 Å². The largest absolute Gasteiger partial charge is 0.497 e. The highest BCUT2D eigenvalue weighted by Gasteiger charge is 2.32. The van der Waals surface area contributed by atoms with Crippen LogP contribution < -0.4 is 4.74 Å². The van der Waals surface area contributed by atoms with E-state index in [4.69, 9.17) is 4.74 Å². The molecular weight excluding hydrogens is 456 g/mol. The van der Waals surface area contributed by atoms with Crippen molar-refractivity contribution in [2.45, 2.75) is 44.0 Å². The molecule has 0 spiro atoms. The molecule has 6 heteroatoms. The zero-order valence-electron chi connectivity index (χ0n) is 20.6. The monoisotopic (exact) mass is 488 g/mol. The summed E-state index contributed by atoms with van der Waals surface area (Å²) in [5.74, 6) is 1.19. The van der Waals surface area contributed by atoms with Crippen LogP contribution in [0.5, 0.6) is 5.75 Å². The number of para-hydroxylation sites is 1. The van der Waals surface area contributed by atoms with Gasteiger partial charge >= 0.3 is 0 Å². The third-order valence-corrected chi connectivity index (χ3v) is 9.39. The van der Waals surface area contributed by atoms with E-state index in [0.717, 1.165) is 30.7 Å². The summed E-state index contributed by atoms with van der Waals surface area (Å²) in [4.78, 5) is 0.421. The van der Waals surface area contributed by atoms with Gasteiger partial charge in [-0.2, -0.15) is 4.31 Å². The van der Waals surface area contributed by atoms with Crippen molar-refractivity contribution in [2.24, 2.45) is 0 Å². The Bertz CT molecular complexity index is 1460. The van der Waals surface area contributed by atoms with Crippen LogP contribution in [0.25, 0.3) is 10.9 Å². The van der Waals surface area contributed by atoms with Crippen molar-refractivity contribution in [1.82, 2.24) is 8.87 Å². The number of sulfonamides is 1. The summed E-state index contributed by atoms with van der Waals surface area (Å²) in [5, 5.41) is 1.27. The fourth-order valence-corrected chi connectivity index (χ4v) is 7.20. The Labute approximate surface area is 208 Å². The maximum Gasteiger partial charge on any atom is 0.243 e. The predicted molar refractivity (Wildman–Crippen MR) is 141 cm³/mol. The molecule has 35 heavy (non-hydrogen) atoms. The van der Waals surface area contributed by atoms with Crippen LogP contribution in [0.4, 0.5) is 0 Å². The Morgan fingerprint density at radius 2 is 1.63 bits per heavy atom. The Kier molecular flexibility index (Phi) is 6.43. The number of fused-ring (bicyclic) bond motifs is 1. The van der Waals surface area contributed by atoms with E-state index in [1.165, 1.54) is 27.7 Å². The summed E-state index contributed by atoms with van der Waals surface area (Å²) in [7, 11) is -1.78. The number of hydrogen-bond donors (Lipinski definition) is 0. The van der Waals surface area contributed by atoms with E-state index in [2.05, 4.69) is 47.9 Å². The molecule has 5 rings (SSSR count). The molecule has 3 aromatic carbocycles. The molecule has 1 saturated heterocycles. The Hall–Kier alpha value is -3.09. The van der Waals surface area contributed by atoms with Crippen molar-refractivity contribution in [1.29, 1.82) is 0 Å². The number of nitrogens with zero attached hydrogens (tertiary/aromatic N) is 2. The van der Waals surface area contributed by atoms with Crippen LogP contribution in [0.15, 0.2) is 77.7 Å². The van der Waals surface area contributed by atoms with Crippen LogP contribution in [-0.4, -0.2) is 37.5 Å². The lowest BCUT2D eigenvalue weighted by Gasteiger charge is -2.32. The molecule has 5 nitrogen and oxygen atoms in total. The quantitative estimate of drug-likeness (QED) is 0.340. The maximum atomic E-state index is 13.3. The number of methoxy groups -OCH3 is 1. The minimum atomic E-state index is -3.48. The van der Waals surface area contributed by atoms with Crippen LogP contribution in [0.3, 0.4) is 0 Å². The highest BCUT2D eigenvalue weighted by Crippen LogP contribution is 2.39. The number of aromatic nitrogens is 1. The first-order chi connectivity index (χ1) is 16.9. The number of hydrogen-bond acceptors (Lipinski definition) is 3. The Morgan fingerprint density at radius 3 is 2.37 bits per heavy atom. The summed E-state index contributed by atoms with van der Waals surface area (Å²) >= 11 is 0. The van der Waals surface area contributed by atoms with Crippen LogP contribution in [0, 0.1) is 13.8 Å². The predicted octanol–water partition coefficient (Wildman–Crippen LogP) is 5.88. The average Bonchev–Trinajstić information content (AvgIpc) is 3.15. The normalized spacial score (nSPS) is 15.5. The van der Waals surface area contributed by atoms with Gasteiger partial charge in [0.2, 0.25) is 10.0 Å². The molecule has 0 saturated carbocycles. The molecule has 1 aliphatic rings. The lowest BCUT2D eigenvalue weighted by atomic mass is 9.88. The van der Waals surface area contributed by atoms with Gasteiger partial charge in [-0.15, -0.1) is 0 Å². The molecule has 0 atom stereocenters. The van der Waals surface area contributed by atoms with Gasteiger partial charge in [0.05, 0.1) is 12.0 Å². The minimum absolute atomic E-state index is 0.328. The first kappa shape index (κ1) is 23.6. The lowest BCUT2D eigenvalue weighted by molar-refractivity contribution is 0.319. The summed E-state index contributed by atoms with van der Waals surface area (Å²) in [5.41, 5.74) is 5.83. The molecule has 0 unspecified atom stereocenters. The van der Waals surface area contributed by atoms with Gasteiger partial charge < -0.3 is 9.30 Å². The van der Waals surface area contributed by atoms with Gasteiger partial charge in [0.15, 0.2) is 0 Å². The summed E-state index contributed by atoms with van der Waals surface area (Å²) in [6.07, 6.45) is 1.64. The summed E-state index contributed by atoms with van der Waals surface area (Å²) in [6.45, 7) is 5.91. The van der Waals surface area contributed by atoms with Gasteiger partial charge in [-0.1, -0.05) is 48.5 Å².